The van der Waals surface area contributed by atoms with E-state index in [0.29, 0.717) is 5.71 Å². The molecular formula is C10H14N2. The van der Waals surface area contributed by atoms with E-state index >= 15 is 0 Å². The fraction of sp³-hybridized carbons (Fsp3) is 0.300. The number of aryl methyl sites for hydroxylation is 1. The normalized spacial score (nSPS) is 9.58. The van der Waals surface area contributed by atoms with Crippen LogP contribution in [0.15, 0.2) is 18.2 Å². The first-order chi connectivity index (χ1) is 5.65. The van der Waals surface area contributed by atoms with Crippen molar-refractivity contribution in [1.82, 2.24) is 0 Å². The fourth-order valence-electron chi connectivity index (χ4n) is 1.19. The monoisotopic (exact) mass is 162 g/mol. The Kier molecular flexibility index (Phi) is 2.48. The van der Waals surface area contributed by atoms with Crippen molar-refractivity contribution >= 4 is 11.4 Å². The van der Waals surface area contributed by atoms with Crippen LogP contribution in [0.2, 0.25) is 0 Å². The molecule has 0 aliphatic heterocycles. The highest BCUT2D eigenvalue weighted by molar-refractivity contribution is 6.01. The van der Waals surface area contributed by atoms with Gasteiger partial charge in [-0.3, -0.25) is 0 Å². The summed E-state index contributed by atoms with van der Waals surface area (Å²) in [5.74, 6) is 0. The summed E-state index contributed by atoms with van der Waals surface area (Å²) in [6, 6.07) is 6.05. The Morgan fingerprint density at radius 2 is 2.08 bits per heavy atom. The van der Waals surface area contributed by atoms with Crippen LogP contribution in [0.4, 0.5) is 5.69 Å². The Morgan fingerprint density at radius 1 is 1.42 bits per heavy atom. The summed E-state index contributed by atoms with van der Waals surface area (Å²) in [6.45, 7) is 3.84. The zero-order valence-corrected chi connectivity index (χ0v) is 7.73. The molecule has 12 heavy (non-hydrogen) atoms. The molecule has 1 rings (SSSR count). The van der Waals surface area contributed by atoms with Gasteiger partial charge in [0.05, 0.1) is 0 Å². The van der Waals surface area contributed by atoms with Gasteiger partial charge in [-0.25, -0.2) is 0 Å². The Hall–Kier alpha value is -1.31. The minimum Gasteiger partial charge on any atom is -0.388 e. The van der Waals surface area contributed by atoms with Gasteiger partial charge in [-0.05, 0) is 25.5 Å². The molecule has 2 heteroatoms. The van der Waals surface area contributed by atoms with Crippen LogP contribution in [0.5, 0.6) is 0 Å². The van der Waals surface area contributed by atoms with Gasteiger partial charge < -0.3 is 10.7 Å². The molecule has 0 radical (unpaired) electrons. The summed E-state index contributed by atoms with van der Waals surface area (Å²) in [5.41, 5.74) is 3.81. The SMILES string of the molecule is CNc1cc(C)ccc1C(C)=N. The molecule has 1 aromatic carbocycles. The standard InChI is InChI=1S/C10H14N2/c1-7-4-5-9(8(2)11)10(6-7)12-3/h4-6,11-12H,1-3H3. The maximum absolute atomic E-state index is 7.51. The minimum atomic E-state index is 0.597. The molecule has 0 heterocycles. The molecule has 2 N–H and O–H groups in total. The Bertz CT molecular complexity index is 303. The van der Waals surface area contributed by atoms with Gasteiger partial charge in [-0.15, -0.1) is 0 Å². The number of hydrogen-bond donors (Lipinski definition) is 2. The molecule has 0 unspecified atom stereocenters. The summed E-state index contributed by atoms with van der Waals surface area (Å²) in [4.78, 5) is 0. The van der Waals surface area contributed by atoms with Crippen molar-refractivity contribution in [3.8, 4) is 0 Å². The molecule has 0 spiro atoms. The van der Waals surface area contributed by atoms with E-state index in [-0.39, 0.29) is 0 Å². The van der Waals surface area contributed by atoms with Gasteiger partial charge >= 0.3 is 0 Å². The number of hydrogen-bond acceptors (Lipinski definition) is 2. The molecule has 0 amide bonds. The van der Waals surface area contributed by atoms with Crippen molar-refractivity contribution in [3.63, 3.8) is 0 Å². The summed E-state index contributed by atoms with van der Waals surface area (Å²) < 4.78 is 0. The highest BCUT2D eigenvalue weighted by Gasteiger charge is 2.01. The lowest BCUT2D eigenvalue weighted by atomic mass is 10.1. The zero-order valence-electron chi connectivity index (χ0n) is 7.73. The molecule has 0 saturated carbocycles. The van der Waals surface area contributed by atoms with Crippen LogP contribution in [-0.4, -0.2) is 12.8 Å². The van der Waals surface area contributed by atoms with Crippen molar-refractivity contribution in [1.29, 1.82) is 5.41 Å². The molecule has 64 valence electrons. The average molecular weight is 162 g/mol. The first-order valence-electron chi connectivity index (χ1n) is 3.99. The topological polar surface area (TPSA) is 35.9 Å². The highest BCUT2D eigenvalue weighted by atomic mass is 14.8. The molecule has 0 bridgehead atoms. The molecule has 0 aliphatic rings. The Balaban J connectivity index is 3.20. The highest BCUT2D eigenvalue weighted by Crippen LogP contribution is 2.16. The largest absolute Gasteiger partial charge is 0.388 e. The van der Waals surface area contributed by atoms with E-state index in [2.05, 4.69) is 5.32 Å². The second-order valence-electron chi connectivity index (χ2n) is 2.92. The number of anilines is 1. The molecule has 0 aliphatic carbocycles. The molecule has 2 nitrogen and oxygen atoms in total. The van der Waals surface area contributed by atoms with Gasteiger partial charge in [-0.1, -0.05) is 12.1 Å². The third kappa shape index (κ3) is 1.64. The van der Waals surface area contributed by atoms with E-state index in [0.717, 1.165) is 11.3 Å². The van der Waals surface area contributed by atoms with Crippen LogP contribution in [0, 0.1) is 12.3 Å². The van der Waals surface area contributed by atoms with Gasteiger partial charge in [0, 0.05) is 24.0 Å². The molecule has 1 aromatic rings. The molecule has 0 saturated heterocycles. The van der Waals surface area contributed by atoms with Crippen molar-refractivity contribution < 1.29 is 0 Å². The van der Waals surface area contributed by atoms with Crippen LogP contribution in [-0.2, 0) is 0 Å². The second kappa shape index (κ2) is 3.39. The third-order valence-electron chi connectivity index (χ3n) is 1.85. The van der Waals surface area contributed by atoms with Crippen molar-refractivity contribution in [3.05, 3.63) is 29.3 Å². The van der Waals surface area contributed by atoms with E-state index < -0.39 is 0 Å². The van der Waals surface area contributed by atoms with Gasteiger partial charge in [0.25, 0.3) is 0 Å². The van der Waals surface area contributed by atoms with Gasteiger partial charge in [0.2, 0.25) is 0 Å². The van der Waals surface area contributed by atoms with Crippen LogP contribution in [0.3, 0.4) is 0 Å². The Labute approximate surface area is 73.1 Å². The lowest BCUT2D eigenvalue weighted by Gasteiger charge is -2.08. The lowest BCUT2D eigenvalue weighted by molar-refractivity contribution is 1.39. The predicted octanol–water partition coefficient (Wildman–Crippen LogP) is 2.42. The van der Waals surface area contributed by atoms with Gasteiger partial charge in [-0.2, -0.15) is 0 Å². The quantitative estimate of drug-likeness (QED) is 0.644. The van der Waals surface area contributed by atoms with Gasteiger partial charge in [0.15, 0.2) is 0 Å². The summed E-state index contributed by atoms with van der Waals surface area (Å²) >= 11 is 0. The summed E-state index contributed by atoms with van der Waals surface area (Å²) in [7, 11) is 1.88. The van der Waals surface area contributed by atoms with Crippen LogP contribution in [0.25, 0.3) is 0 Å². The molecule has 0 fully saturated rings. The lowest BCUT2D eigenvalue weighted by Crippen LogP contribution is -2.00. The smallest absolute Gasteiger partial charge is 0.0431 e. The van der Waals surface area contributed by atoms with E-state index in [1.165, 1.54) is 5.56 Å². The van der Waals surface area contributed by atoms with Gasteiger partial charge in [0.1, 0.15) is 0 Å². The Morgan fingerprint density at radius 3 is 2.58 bits per heavy atom. The summed E-state index contributed by atoms with van der Waals surface area (Å²) in [6.07, 6.45) is 0. The number of benzene rings is 1. The maximum atomic E-state index is 7.51. The van der Waals surface area contributed by atoms with Crippen molar-refractivity contribution in [2.45, 2.75) is 13.8 Å². The first kappa shape index (κ1) is 8.78. The van der Waals surface area contributed by atoms with Crippen molar-refractivity contribution in [2.24, 2.45) is 0 Å². The molecular weight excluding hydrogens is 148 g/mol. The van der Waals surface area contributed by atoms with Crippen molar-refractivity contribution in [2.75, 3.05) is 12.4 Å². The second-order valence-corrected chi connectivity index (χ2v) is 2.92. The molecule has 0 atom stereocenters. The first-order valence-corrected chi connectivity index (χ1v) is 3.99. The van der Waals surface area contributed by atoms with Crippen LogP contribution < -0.4 is 5.32 Å². The number of nitrogens with one attached hydrogen (secondary N) is 2. The number of rotatable bonds is 2. The molecule has 0 aromatic heterocycles. The minimum absolute atomic E-state index is 0.597. The zero-order chi connectivity index (χ0) is 9.14. The van der Waals surface area contributed by atoms with Crippen LogP contribution in [0.1, 0.15) is 18.1 Å². The van der Waals surface area contributed by atoms with E-state index in [9.17, 15) is 0 Å². The van der Waals surface area contributed by atoms with E-state index in [1.807, 2.05) is 32.2 Å². The van der Waals surface area contributed by atoms with Crippen LogP contribution >= 0.6 is 0 Å². The average Bonchev–Trinajstić information content (AvgIpc) is 2.03. The summed E-state index contributed by atoms with van der Waals surface area (Å²) in [5, 5.41) is 10.6. The van der Waals surface area contributed by atoms with E-state index in [4.69, 9.17) is 5.41 Å². The predicted molar refractivity (Wildman–Crippen MR) is 53.2 cm³/mol. The maximum Gasteiger partial charge on any atom is 0.0431 e. The fourth-order valence-corrected chi connectivity index (χ4v) is 1.19. The van der Waals surface area contributed by atoms with E-state index in [1.54, 1.807) is 6.92 Å². The third-order valence-corrected chi connectivity index (χ3v) is 1.85.